The summed E-state index contributed by atoms with van der Waals surface area (Å²) in [5, 5.41) is 4.87. The van der Waals surface area contributed by atoms with Gasteiger partial charge in [-0.1, -0.05) is 24.3 Å². The highest BCUT2D eigenvalue weighted by Gasteiger charge is 2.16. The first-order chi connectivity index (χ1) is 9.53. The van der Waals surface area contributed by atoms with Crippen LogP contribution in [0.1, 0.15) is 16.7 Å². The van der Waals surface area contributed by atoms with Crippen LogP contribution in [0.25, 0.3) is 0 Å². The Labute approximate surface area is 123 Å². The third kappa shape index (κ3) is 3.67. The maximum atomic E-state index is 12.2. The van der Waals surface area contributed by atoms with Crippen LogP contribution in [0.15, 0.2) is 39.9 Å². The van der Waals surface area contributed by atoms with Crippen LogP contribution in [-0.4, -0.2) is 15.5 Å². The van der Waals surface area contributed by atoms with Crippen molar-refractivity contribution in [3.05, 3.63) is 52.4 Å². The van der Waals surface area contributed by atoms with Crippen molar-refractivity contribution in [1.82, 2.24) is 10.0 Å². The van der Waals surface area contributed by atoms with Crippen LogP contribution in [0.5, 0.6) is 0 Å². The Morgan fingerprint density at radius 1 is 1.20 bits per heavy atom. The molecule has 0 saturated carbocycles. The zero-order chi connectivity index (χ0) is 14.6. The minimum atomic E-state index is -3.43. The van der Waals surface area contributed by atoms with Crippen molar-refractivity contribution in [2.24, 2.45) is 0 Å². The van der Waals surface area contributed by atoms with E-state index in [0.717, 1.165) is 16.7 Å². The maximum absolute atomic E-state index is 12.2. The summed E-state index contributed by atoms with van der Waals surface area (Å²) >= 11 is 1.25. The van der Waals surface area contributed by atoms with Gasteiger partial charge in [-0.05, 0) is 42.1 Å². The fourth-order valence-corrected chi connectivity index (χ4v) is 4.10. The molecular formula is C14H18N2O2S2. The van der Waals surface area contributed by atoms with Gasteiger partial charge in [0.25, 0.3) is 0 Å². The van der Waals surface area contributed by atoms with Crippen molar-refractivity contribution in [1.29, 1.82) is 0 Å². The number of aryl methyl sites for hydroxylation is 1. The highest BCUT2D eigenvalue weighted by Crippen LogP contribution is 2.20. The standard InChI is InChI=1S/C14H18N2O2S2/c1-11-5-3-4-6-13(11)9-16-20(17,18)14-7-12(8-15-2)10-19-14/h3-7,10,15-16H,8-9H2,1-2H3. The summed E-state index contributed by atoms with van der Waals surface area (Å²) in [5.41, 5.74) is 3.05. The second kappa shape index (κ2) is 6.49. The summed E-state index contributed by atoms with van der Waals surface area (Å²) in [4.78, 5) is 0. The van der Waals surface area contributed by atoms with Crippen LogP contribution in [0.4, 0.5) is 0 Å². The number of hydrogen-bond donors (Lipinski definition) is 2. The number of thiophene rings is 1. The molecule has 6 heteroatoms. The lowest BCUT2D eigenvalue weighted by Gasteiger charge is -2.07. The fourth-order valence-electron chi connectivity index (χ4n) is 1.84. The Morgan fingerprint density at radius 3 is 2.65 bits per heavy atom. The Morgan fingerprint density at radius 2 is 1.95 bits per heavy atom. The normalized spacial score (nSPS) is 11.7. The number of benzene rings is 1. The Hall–Kier alpha value is -1.21. The molecule has 0 atom stereocenters. The van der Waals surface area contributed by atoms with E-state index in [2.05, 4.69) is 10.0 Å². The van der Waals surface area contributed by atoms with Crippen LogP contribution in [0.3, 0.4) is 0 Å². The van der Waals surface area contributed by atoms with E-state index in [4.69, 9.17) is 0 Å². The smallest absolute Gasteiger partial charge is 0.250 e. The van der Waals surface area contributed by atoms with E-state index >= 15 is 0 Å². The monoisotopic (exact) mass is 310 g/mol. The second-order valence-electron chi connectivity index (χ2n) is 4.56. The Balaban J connectivity index is 2.09. The molecule has 0 aliphatic heterocycles. The van der Waals surface area contributed by atoms with E-state index < -0.39 is 10.0 Å². The predicted molar refractivity (Wildman–Crippen MR) is 82.3 cm³/mol. The average molecular weight is 310 g/mol. The van der Waals surface area contributed by atoms with E-state index in [1.807, 2.05) is 43.6 Å². The molecule has 20 heavy (non-hydrogen) atoms. The molecule has 1 aromatic heterocycles. The van der Waals surface area contributed by atoms with Gasteiger partial charge in [0.15, 0.2) is 0 Å². The lowest BCUT2D eigenvalue weighted by molar-refractivity contribution is 0.583. The summed E-state index contributed by atoms with van der Waals surface area (Å²) in [6, 6.07) is 9.46. The molecule has 0 aliphatic carbocycles. The summed E-state index contributed by atoms with van der Waals surface area (Å²) in [6.07, 6.45) is 0. The van der Waals surface area contributed by atoms with Crippen molar-refractivity contribution >= 4 is 21.4 Å². The van der Waals surface area contributed by atoms with Crippen LogP contribution in [0, 0.1) is 6.92 Å². The van der Waals surface area contributed by atoms with Gasteiger partial charge < -0.3 is 5.32 Å². The predicted octanol–water partition coefficient (Wildman–Crippen LogP) is 2.25. The SMILES string of the molecule is CNCc1csc(S(=O)(=O)NCc2ccccc2C)c1. The van der Waals surface area contributed by atoms with Gasteiger partial charge in [-0.15, -0.1) is 11.3 Å². The van der Waals surface area contributed by atoms with Gasteiger partial charge in [0.05, 0.1) is 0 Å². The first kappa shape index (κ1) is 15.2. The third-order valence-electron chi connectivity index (χ3n) is 2.99. The molecule has 2 aromatic rings. The van der Waals surface area contributed by atoms with E-state index in [1.54, 1.807) is 6.07 Å². The second-order valence-corrected chi connectivity index (χ2v) is 7.46. The molecule has 0 saturated heterocycles. The number of hydrogen-bond acceptors (Lipinski definition) is 4. The summed E-state index contributed by atoms with van der Waals surface area (Å²) < 4.78 is 27.4. The first-order valence-electron chi connectivity index (χ1n) is 6.29. The van der Waals surface area contributed by atoms with Crippen LogP contribution < -0.4 is 10.0 Å². The molecule has 2 rings (SSSR count). The average Bonchev–Trinajstić information content (AvgIpc) is 2.88. The molecule has 0 amide bonds. The number of rotatable bonds is 6. The minimum absolute atomic E-state index is 0.314. The zero-order valence-corrected chi connectivity index (χ0v) is 13.1. The highest BCUT2D eigenvalue weighted by atomic mass is 32.2. The van der Waals surface area contributed by atoms with E-state index in [1.165, 1.54) is 11.3 Å². The molecule has 1 heterocycles. The van der Waals surface area contributed by atoms with Crippen molar-refractivity contribution < 1.29 is 8.42 Å². The lowest BCUT2D eigenvalue weighted by atomic mass is 10.1. The number of sulfonamides is 1. The largest absolute Gasteiger partial charge is 0.316 e. The van der Waals surface area contributed by atoms with Crippen LogP contribution in [0.2, 0.25) is 0 Å². The first-order valence-corrected chi connectivity index (χ1v) is 8.65. The fraction of sp³-hybridized carbons (Fsp3) is 0.286. The van der Waals surface area contributed by atoms with Gasteiger partial charge >= 0.3 is 0 Å². The molecule has 108 valence electrons. The summed E-state index contributed by atoms with van der Waals surface area (Å²) in [5.74, 6) is 0. The number of nitrogens with one attached hydrogen (secondary N) is 2. The van der Waals surface area contributed by atoms with Gasteiger partial charge in [-0.3, -0.25) is 0 Å². The quantitative estimate of drug-likeness (QED) is 0.860. The molecule has 0 radical (unpaired) electrons. The van der Waals surface area contributed by atoms with E-state index in [9.17, 15) is 8.42 Å². The molecular weight excluding hydrogens is 292 g/mol. The van der Waals surface area contributed by atoms with Gasteiger partial charge in [0.1, 0.15) is 4.21 Å². The van der Waals surface area contributed by atoms with Gasteiger partial charge in [0, 0.05) is 13.1 Å². The van der Waals surface area contributed by atoms with Gasteiger partial charge in [-0.2, -0.15) is 0 Å². The van der Waals surface area contributed by atoms with Crippen molar-refractivity contribution in [3.63, 3.8) is 0 Å². The molecule has 4 nitrogen and oxygen atoms in total. The van der Waals surface area contributed by atoms with Crippen molar-refractivity contribution in [2.45, 2.75) is 24.2 Å². The van der Waals surface area contributed by atoms with Crippen LogP contribution in [-0.2, 0) is 23.1 Å². The zero-order valence-electron chi connectivity index (χ0n) is 11.5. The molecule has 1 aromatic carbocycles. The van der Waals surface area contributed by atoms with Crippen molar-refractivity contribution in [2.75, 3.05) is 7.05 Å². The Kier molecular flexibility index (Phi) is 4.93. The van der Waals surface area contributed by atoms with Gasteiger partial charge in [0.2, 0.25) is 10.0 Å². The maximum Gasteiger partial charge on any atom is 0.250 e. The summed E-state index contributed by atoms with van der Waals surface area (Å²) in [7, 11) is -1.60. The lowest BCUT2D eigenvalue weighted by Crippen LogP contribution is -2.22. The van der Waals surface area contributed by atoms with Gasteiger partial charge in [-0.25, -0.2) is 13.1 Å². The molecule has 0 fully saturated rings. The molecule has 0 bridgehead atoms. The van der Waals surface area contributed by atoms with E-state index in [-0.39, 0.29) is 0 Å². The summed E-state index contributed by atoms with van der Waals surface area (Å²) in [6.45, 7) is 2.96. The Bertz CT molecular complexity index is 678. The van der Waals surface area contributed by atoms with E-state index in [0.29, 0.717) is 17.3 Å². The van der Waals surface area contributed by atoms with Crippen molar-refractivity contribution in [3.8, 4) is 0 Å². The minimum Gasteiger partial charge on any atom is -0.316 e. The molecule has 0 spiro atoms. The molecule has 0 aliphatic rings. The topological polar surface area (TPSA) is 58.2 Å². The third-order valence-corrected chi connectivity index (χ3v) is 5.88. The van der Waals surface area contributed by atoms with Crippen LogP contribution >= 0.6 is 11.3 Å². The molecule has 0 unspecified atom stereocenters. The molecule has 2 N–H and O–H groups in total. The highest BCUT2D eigenvalue weighted by molar-refractivity contribution is 7.91.